The molecule has 0 N–H and O–H groups in total. The highest BCUT2D eigenvalue weighted by molar-refractivity contribution is 8.23. The van der Waals surface area contributed by atoms with E-state index >= 15 is 0 Å². The third kappa shape index (κ3) is 4.19. The summed E-state index contributed by atoms with van der Waals surface area (Å²) in [4.78, 5) is 1.29. The molecule has 0 bridgehead atoms. The molecule has 2 rings (SSSR count). The number of benzene rings is 2. The number of thioether (sulfide) groups is 1. The Bertz CT molecular complexity index is 546. The van der Waals surface area contributed by atoms with Gasteiger partial charge in [0.2, 0.25) is 0 Å². The lowest BCUT2D eigenvalue weighted by Crippen LogP contribution is -2.00. The Morgan fingerprint density at radius 1 is 1.05 bits per heavy atom. The Morgan fingerprint density at radius 3 is 2.37 bits per heavy atom. The monoisotopic (exact) mass is 286 g/mol. The van der Waals surface area contributed by atoms with Gasteiger partial charge in [0.15, 0.2) is 0 Å². The van der Waals surface area contributed by atoms with Gasteiger partial charge < -0.3 is 0 Å². The zero-order chi connectivity index (χ0) is 13.7. The van der Waals surface area contributed by atoms with Crippen LogP contribution in [-0.4, -0.2) is 4.20 Å². The van der Waals surface area contributed by atoms with E-state index in [9.17, 15) is 0 Å². The van der Waals surface area contributed by atoms with E-state index in [-0.39, 0.29) is 0 Å². The van der Waals surface area contributed by atoms with Crippen molar-refractivity contribution < 1.29 is 0 Å². The van der Waals surface area contributed by atoms with Gasteiger partial charge in [0.05, 0.1) is 0 Å². The summed E-state index contributed by atoms with van der Waals surface area (Å²) in [5.41, 5.74) is 2.77. The van der Waals surface area contributed by atoms with Gasteiger partial charge in [-0.2, -0.15) is 0 Å². The Balaban J connectivity index is 2.17. The fourth-order valence-electron chi connectivity index (χ4n) is 2.16. The average Bonchev–Trinajstić information content (AvgIpc) is 2.41. The average molecular weight is 286 g/mol. The van der Waals surface area contributed by atoms with Gasteiger partial charge >= 0.3 is 0 Å². The first-order chi connectivity index (χ1) is 9.16. The van der Waals surface area contributed by atoms with E-state index < -0.39 is 0 Å². The van der Waals surface area contributed by atoms with E-state index in [0.717, 1.165) is 10.6 Å². The summed E-state index contributed by atoms with van der Waals surface area (Å²) in [6.45, 7) is 4.26. The SMILES string of the molecule is CC(=S)Sc1ccccc1CC(C)c1ccccc1. The van der Waals surface area contributed by atoms with Crippen molar-refractivity contribution in [2.24, 2.45) is 0 Å². The molecule has 0 spiro atoms. The first kappa shape index (κ1) is 14.3. The van der Waals surface area contributed by atoms with Crippen LogP contribution in [0.25, 0.3) is 0 Å². The summed E-state index contributed by atoms with van der Waals surface area (Å²) >= 11 is 6.90. The number of thiocarbonyl (C=S) groups is 1. The number of rotatable bonds is 4. The smallest absolute Gasteiger partial charge is 0.0496 e. The minimum absolute atomic E-state index is 0.522. The van der Waals surface area contributed by atoms with E-state index in [1.807, 2.05) is 6.92 Å². The minimum atomic E-state index is 0.522. The Kier molecular flexibility index (Phi) is 5.17. The van der Waals surface area contributed by atoms with Crippen LogP contribution in [0.15, 0.2) is 59.5 Å². The van der Waals surface area contributed by atoms with Crippen LogP contribution in [0.2, 0.25) is 0 Å². The molecule has 2 aromatic rings. The zero-order valence-electron chi connectivity index (χ0n) is 11.3. The lowest BCUT2D eigenvalue weighted by molar-refractivity contribution is 0.749. The van der Waals surface area contributed by atoms with Gasteiger partial charge in [-0.25, -0.2) is 0 Å². The summed E-state index contributed by atoms with van der Waals surface area (Å²) < 4.78 is 0.972. The number of hydrogen-bond acceptors (Lipinski definition) is 2. The van der Waals surface area contributed by atoms with Crippen molar-refractivity contribution in [1.29, 1.82) is 0 Å². The van der Waals surface area contributed by atoms with Gasteiger partial charge in [0, 0.05) is 9.09 Å². The largest absolute Gasteiger partial charge is 0.0828 e. The van der Waals surface area contributed by atoms with Crippen LogP contribution in [0.5, 0.6) is 0 Å². The lowest BCUT2D eigenvalue weighted by Gasteiger charge is -2.14. The van der Waals surface area contributed by atoms with Crippen LogP contribution < -0.4 is 0 Å². The molecule has 0 aromatic heterocycles. The van der Waals surface area contributed by atoms with Crippen molar-refractivity contribution in [2.45, 2.75) is 31.1 Å². The third-order valence-corrected chi connectivity index (χ3v) is 4.28. The molecule has 0 radical (unpaired) electrons. The van der Waals surface area contributed by atoms with E-state index in [4.69, 9.17) is 12.2 Å². The van der Waals surface area contributed by atoms with E-state index in [1.165, 1.54) is 16.0 Å². The molecule has 0 aliphatic rings. The van der Waals surface area contributed by atoms with Gasteiger partial charge in [0.25, 0.3) is 0 Å². The van der Waals surface area contributed by atoms with Gasteiger partial charge in [-0.15, -0.1) is 0 Å². The van der Waals surface area contributed by atoms with Crippen LogP contribution in [0.1, 0.15) is 30.9 Å². The van der Waals surface area contributed by atoms with E-state index in [2.05, 4.69) is 61.5 Å². The Labute approximate surface area is 125 Å². The normalized spacial score (nSPS) is 12.1. The first-order valence-corrected chi connectivity index (χ1v) is 7.70. The second-order valence-electron chi connectivity index (χ2n) is 4.72. The molecule has 2 aromatic carbocycles. The molecule has 0 nitrogen and oxygen atoms in total. The van der Waals surface area contributed by atoms with Crippen molar-refractivity contribution in [3.63, 3.8) is 0 Å². The van der Waals surface area contributed by atoms with E-state index in [0.29, 0.717) is 5.92 Å². The van der Waals surface area contributed by atoms with Crippen molar-refractivity contribution in [2.75, 3.05) is 0 Å². The van der Waals surface area contributed by atoms with Crippen LogP contribution in [-0.2, 0) is 6.42 Å². The quantitative estimate of drug-likeness (QED) is 0.540. The highest BCUT2D eigenvalue weighted by Gasteiger charge is 2.10. The molecule has 98 valence electrons. The van der Waals surface area contributed by atoms with E-state index in [1.54, 1.807) is 11.8 Å². The number of hydrogen-bond donors (Lipinski definition) is 0. The van der Waals surface area contributed by atoms with Crippen molar-refractivity contribution >= 4 is 28.2 Å². The highest BCUT2D eigenvalue weighted by Crippen LogP contribution is 2.28. The molecule has 0 aliphatic heterocycles. The fourth-order valence-corrected chi connectivity index (χ4v) is 3.16. The highest BCUT2D eigenvalue weighted by atomic mass is 32.2. The fraction of sp³-hybridized carbons (Fsp3) is 0.235. The molecule has 0 fully saturated rings. The second kappa shape index (κ2) is 6.88. The Morgan fingerprint density at radius 2 is 1.68 bits per heavy atom. The first-order valence-electron chi connectivity index (χ1n) is 6.48. The molecule has 2 heteroatoms. The zero-order valence-corrected chi connectivity index (χ0v) is 12.9. The van der Waals surface area contributed by atoms with Gasteiger partial charge in [-0.3, -0.25) is 0 Å². The summed E-state index contributed by atoms with van der Waals surface area (Å²) in [6.07, 6.45) is 1.05. The van der Waals surface area contributed by atoms with Crippen molar-refractivity contribution in [3.05, 3.63) is 65.7 Å². The molecule has 0 heterocycles. The molecule has 0 saturated heterocycles. The van der Waals surface area contributed by atoms with Crippen LogP contribution in [0.4, 0.5) is 0 Å². The molecule has 1 atom stereocenters. The summed E-state index contributed by atoms with van der Waals surface area (Å²) in [5, 5.41) is 0. The van der Waals surface area contributed by atoms with Gasteiger partial charge in [0.1, 0.15) is 0 Å². The molecule has 19 heavy (non-hydrogen) atoms. The van der Waals surface area contributed by atoms with Crippen LogP contribution in [0.3, 0.4) is 0 Å². The maximum absolute atomic E-state index is 5.21. The summed E-state index contributed by atoms with van der Waals surface area (Å²) in [5.74, 6) is 0.522. The maximum atomic E-state index is 5.21. The minimum Gasteiger partial charge on any atom is -0.0828 e. The molecular weight excluding hydrogens is 268 g/mol. The van der Waals surface area contributed by atoms with Gasteiger partial charge in [-0.1, -0.05) is 79.4 Å². The predicted molar refractivity (Wildman–Crippen MR) is 89.1 cm³/mol. The van der Waals surface area contributed by atoms with Crippen LogP contribution in [0, 0.1) is 0 Å². The van der Waals surface area contributed by atoms with Crippen molar-refractivity contribution in [1.82, 2.24) is 0 Å². The summed E-state index contributed by atoms with van der Waals surface area (Å²) in [7, 11) is 0. The molecule has 0 saturated carbocycles. The molecule has 1 unspecified atom stereocenters. The van der Waals surface area contributed by atoms with Gasteiger partial charge in [-0.05, 0) is 36.5 Å². The topological polar surface area (TPSA) is 0 Å². The molecule has 0 aliphatic carbocycles. The molecule has 0 amide bonds. The second-order valence-corrected chi connectivity index (χ2v) is 6.84. The Hall–Kier alpha value is -1.12. The standard InChI is InChI=1S/C17H18S2/c1-13(15-8-4-3-5-9-15)12-16-10-6-7-11-17(16)19-14(2)18/h3-11,13H,12H2,1-2H3. The van der Waals surface area contributed by atoms with Crippen molar-refractivity contribution in [3.8, 4) is 0 Å². The maximum Gasteiger partial charge on any atom is 0.0496 e. The predicted octanol–water partition coefficient (Wildman–Crippen LogP) is 5.47. The lowest BCUT2D eigenvalue weighted by atomic mass is 9.94. The van der Waals surface area contributed by atoms with Crippen LogP contribution >= 0.6 is 24.0 Å². The summed E-state index contributed by atoms with van der Waals surface area (Å²) in [6, 6.07) is 19.2. The molecular formula is C17H18S2. The third-order valence-electron chi connectivity index (χ3n) is 3.12.